The van der Waals surface area contributed by atoms with Crippen molar-refractivity contribution in [3.63, 3.8) is 0 Å². The molecule has 1 atom stereocenters. The van der Waals surface area contributed by atoms with Gasteiger partial charge in [-0.2, -0.15) is 5.10 Å². The maximum absolute atomic E-state index is 12.3. The van der Waals surface area contributed by atoms with Crippen molar-refractivity contribution >= 4 is 18.0 Å². The highest BCUT2D eigenvalue weighted by Crippen LogP contribution is 2.29. The van der Waals surface area contributed by atoms with E-state index in [0.29, 0.717) is 6.54 Å². The Morgan fingerprint density at radius 3 is 2.81 bits per heavy atom. The highest BCUT2D eigenvalue weighted by atomic mass is 16.5. The molecule has 1 N–H and O–H groups in total. The molecule has 1 amide bonds. The fourth-order valence-electron chi connectivity index (χ4n) is 3.81. The van der Waals surface area contributed by atoms with Crippen LogP contribution in [-0.4, -0.2) is 28.3 Å². The highest BCUT2D eigenvalue weighted by Gasteiger charge is 2.21. The molecule has 6 nitrogen and oxygen atoms in total. The average Bonchev–Trinajstić information content (AvgIpc) is 3.24. The summed E-state index contributed by atoms with van der Waals surface area (Å²) in [6, 6.07) is 18.1. The molecular weight excluding hydrogens is 390 g/mol. The third-order valence-corrected chi connectivity index (χ3v) is 5.30. The molecule has 1 heterocycles. The maximum Gasteiger partial charge on any atom is 0.331 e. The Bertz CT molecular complexity index is 1070. The number of nitrogens with zero attached hydrogens (tertiary/aromatic N) is 2. The van der Waals surface area contributed by atoms with Crippen LogP contribution in [-0.2, 0) is 27.3 Å². The molecule has 0 radical (unpaired) electrons. The van der Waals surface area contributed by atoms with Gasteiger partial charge < -0.3 is 10.1 Å². The number of hydrogen-bond donors (Lipinski definition) is 1. The lowest BCUT2D eigenvalue weighted by Gasteiger charge is -2.26. The zero-order valence-electron chi connectivity index (χ0n) is 17.2. The Morgan fingerprint density at radius 2 is 1.94 bits per heavy atom. The van der Waals surface area contributed by atoms with Gasteiger partial charge in [0.1, 0.15) is 0 Å². The molecular formula is C25H25N3O3. The van der Waals surface area contributed by atoms with E-state index in [0.717, 1.165) is 36.0 Å². The second kappa shape index (κ2) is 9.89. The molecule has 3 aromatic rings. The van der Waals surface area contributed by atoms with Crippen molar-refractivity contribution < 1.29 is 14.3 Å². The molecule has 0 spiro atoms. The zero-order chi connectivity index (χ0) is 21.5. The summed E-state index contributed by atoms with van der Waals surface area (Å²) in [4.78, 5) is 24.2. The first-order valence-electron chi connectivity index (χ1n) is 10.5. The fourth-order valence-corrected chi connectivity index (χ4v) is 3.81. The van der Waals surface area contributed by atoms with Crippen molar-refractivity contribution in [1.82, 2.24) is 15.1 Å². The molecule has 0 bridgehead atoms. The summed E-state index contributed by atoms with van der Waals surface area (Å²) in [5.41, 5.74) is 4.36. The van der Waals surface area contributed by atoms with E-state index in [2.05, 4.69) is 16.5 Å². The molecule has 0 saturated carbocycles. The van der Waals surface area contributed by atoms with Gasteiger partial charge in [-0.1, -0.05) is 54.6 Å². The van der Waals surface area contributed by atoms with Gasteiger partial charge in [0.05, 0.1) is 18.8 Å². The van der Waals surface area contributed by atoms with E-state index < -0.39 is 5.97 Å². The minimum Gasteiger partial charge on any atom is -0.452 e. The number of fused-ring (bicyclic) bond motifs is 1. The number of carbonyl (C=O) groups excluding carboxylic acids is 2. The minimum atomic E-state index is -0.560. The van der Waals surface area contributed by atoms with Gasteiger partial charge in [-0.25, -0.2) is 4.79 Å². The van der Waals surface area contributed by atoms with Crippen LogP contribution in [0.15, 0.2) is 73.1 Å². The Hall–Kier alpha value is -3.67. The van der Waals surface area contributed by atoms with Crippen molar-refractivity contribution in [3.05, 3.63) is 95.3 Å². The summed E-state index contributed by atoms with van der Waals surface area (Å²) in [6.07, 6.45) is 9.43. The van der Waals surface area contributed by atoms with E-state index in [-0.39, 0.29) is 18.6 Å². The van der Waals surface area contributed by atoms with Crippen LogP contribution >= 0.6 is 0 Å². The van der Waals surface area contributed by atoms with Crippen molar-refractivity contribution in [2.75, 3.05) is 6.61 Å². The number of amides is 1. The Labute approximate surface area is 181 Å². The second-order valence-electron chi connectivity index (χ2n) is 7.61. The van der Waals surface area contributed by atoms with Crippen LogP contribution in [0.4, 0.5) is 0 Å². The van der Waals surface area contributed by atoms with Gasteiger partial charge in [0.2, 0.25) is 0 Å². The molecule has 0 saturated heterocycles. The summed E-state index contributed by atoms with van der Waals surface area (Å²) >= 11 is 0. The Balaban J connectivity index is 1.24. The molecule has 1 aliphatic rings. The highest BCUT2D eigenvalue weighted by molar-refractivity contribution is 5.89. The van der Waals surface area contributed by atoms with Crippen molar-refractivity contribution in [3.8, 4) is 0 Å². The summed E-state index contributed by atoms with van der Waals surface area (Å²) in [7, 11) is 0. The number of hydrogen-bond acceptors (Lipinski definition) is 4. The summed E-state index contributed by atoms with van der Waals surface area (Å²) in [6.45, 7) is 0.360. The van der Waals surface area contributed by atoms with Crippen LogP contribution in [0.1, 0.15) is 41.1 Å². The number of ether oxygens (including phenoxy) is 1. The van der Waals surface area contributed by atoms with Crippen molar-refractivity contribution in [1.29, 1.82) is 0 Å². The van der Waals surface area contributed by atoms with E-state index in [1.165, 1.54) is 11.6 Å². The van der Waals surface area contributed by atoms with E-state index in [1.807, 2.05) is 54.7 Å². The van der Waals surface area contributed by atoms with E-state index in [4.69, 9.17) is 4.74 Å². The molecule has 6 heteroatoms. The van der Waals surface area contributed by atoms with Gasteiger partial charge in [0.15, 0.2) is 6.61 Å². The minimum absolute atomic E-state index is 0.0258. The lowest BCUT2D eigenvalue weighted by atomic mass is 9.88. The molecule has 4 rings (SSSR count). The molecule has 0 fully saturated rings. The van der Waals surface area contributed by atoms with E-state index >= 15 is 0 Å². The lowest BCUT2D eigenvalue weighted by Crippen LogP contribution is -2.34. The molecule has 1 aromatic heterocycles. The summed E-state index contributed by atoms with van der Waals surface area (Å²) in [5.74, 6) is -0.853. The Morgan fingerprint density at radius 1 is 1.13 bits per heavy atom. The fraction of sp³-hybridized carbons (Fsp3) is 0.240. The topological polar surface area (TPSA) is 73.2 Å². The monoisotopic (exact) mass is 415 g/mol. The molecule has 0 unspecified atom stereocenters. The molecule has 31 heavy (non-hydrogen) atoms. The predicted octanol–water partition coefficient (Wildman–Crippen LogP) is 3.68. The maximum atomic E-state index is 12.3. The first-order valence-corrected chi connectivity index (χ1v) is 10.5. The zero-order valence-corrected chi connectivity index (χ0v) is 17.2. The first-order chi connectivity index (χ1) is 15.2. The van der Waals surface area contributed by atoms with Crippen LogP contribution in [0.2, 0.25) is 0 Å². The average molecular weight is 415 g/mol. The molecule has 158 valence electrons. The second-order valence-corrected chi connectivity index (χ2v) is 7.61. The van der Waals surface area contributed by atoms with Gasteiger partial charge in [-0.15, -0.1) is 0 Å². The number of nitrogens with one attached hydrogen (secondary N) is 1. The van der Waals surface area contributed by atoms with Crippen molar-refractivity contribution in [2.24, 2.45) is 0 Å². The number of carbonyl (C=O) groups is 2. The third kappa shape index (κ3) is 5.69. The number of esters is 1. The van der Waals surface area contributed by atoms with Gasteiger partial charge in [-0.3, -0.25) is 9.48 Å². The lowest BCUT2D eigenvalue weighted by molar-refractivity contribution is -0.144. The molecule has 2 aromatic carbocycles. The van der Waals surface area contributed by atoms with Gasteiger partial charge >= 0.3 is 5.97 Å². The van der Waals surface area contributed by atoms with Crippen LogP contribution in [0, 0.1) is 0 Å². The number of rotatable bonds is 7. The summed E-state index contributed by atoms with van der Waals surface area (Å²) < 4.78 is 6.89. The number of benzene rings is 2. The van der Waals surface area contributed by atoms with Gasteiger partial charge in [-0.05, 0) is 42.0 Å². The summed E-state index contributed by atoms with van der Waals surface area (Å²) in [5, 5.41) is 7.27. The quantitative estimate of drug-likeness (QED) is 0.472. The standard InChI is InChI=1S/C25H25N3O3/c29-24(27-23-12-6-10-21-9-4-5-11-22(21)23)18-31-25(30)14-13-20-15-26-28(17-20)16-19-7-2-1-3-8-19/h1-5,7-9,11,13-15,17,23H,6,10,12,16,18H2,(H,27,29)/b14-13+/t23-/m0/s1. The van der Waals surface area contributed by atoms with E-state index in [1.54, 1.807) is 17.0 Å². The van der Waals surface area contributed by atoms with Crippen molar-refractivity contribution in [2.45, 2.75) is 31.8 Å². The van der Waals surface area contributed by atoms with Gasteiger partial charge in [0, 0.05) is 17.8 Å². The SMILES string of the molecule is O=C(COC(=O)/C=C/c1cnn(Cc2ccccc2)c1)N[C@H]1CCCc2ccccc21. The van der Waals surface area contributed by atoms with Crippen LogP contribution < -0.4 is 5.32 Å². The number of aryl methyl sites for hydroxylation is 1. The number of aromatic nitrogens is 2. The smallest absolute Gasteiger partial charge is 0.331 e. The van der Waals surface area contributed by atoms with Gasteiger partial charge in [0.25, 0.3) is 5.91 Å². The van der Waals surface area contributed by atoms with Crippen LogP contribution in [0.3, 0.4) is 0 Å². The predicted molar refractivity (Wildman–Crippen MR) is 118 cm³/mol. The van der Waals surface area contributed by atoms with Crippen LogP contribution in [0.25, 0.3) is 6.08 Å². The largest absolute Gasteiger partial charge is 0.452 e. The molecule has 0 aliphatic heterocycles. The normalized spacial score (nSPS) is 15.4. The third-order valence-electron chi connectivity index (χ3n) is 5.30. The van der Waals surface area contributed by atoms with E-state index in [9.17, 15) is 9.59 Å². The molecule has 1 aliphatic carbocycles. The first kappa shape index (κ1) is 20.6. The Kier molecular flexibility index (Phi) is 6.57. The van der Waals surface area contributed by atoms with Crippen LogP contribution in [0.5, 0.6) is 0 Å².